The Labute approximate surface area is 108 Å². The summed E-state index contributed by atoms with van der Waals surface area (Å²) < 4.78 is 12.7. The van der Waals surface area contributed by atoms with Crippen molar-refractivity contribution in [1.82, 2.24) is 0 Å². The standard InChI is InChI=1S/C14H11BrO2/c15-11-7-5-10(6-8-11)14-9-16-12-3-1-2-4-13(12)17-14/h1-8,14H,9H2/t14-/m1/s1. The van der Waals surface area contributed by atoms with Gasteiger partial charge < -0.3 is 9.47 Å². The van der Waals surface area contributed by atoms with Crippen molar-refractivity contribution in [2.45, 2.75) is 6.10 Å². The van der Waals surface area contributed by atoms with Crippen LogP contribution < -0.4 is 9.47 Å². The van der Waals surface area contributed by atoms with Crippen molar-refractivity contribution >= 4 is 15.9 Å². The molecule has 86 valence electrons. The zero-order valence-corrected chi connectivity index (χ0v) is 10.7. The van der Waals surface area contributed by atoms with Crippen LogP contribution in [0, 0.1) is 0 Å². The summed E-state index contributed by atoms with van der Waals surface area (Å²) in [6, 6.07) is 15.9. The molecule has 1 aliphatic heterocycles. The van der Waals surface area contributed by atoms with Gasteiger partial charge in [-0.3, -0.25) is 0 Å². The number of hydrogen-bond donors (Lipinski definition) is 0. The van der Waals surface area contributed by atoms with E-state index < -0.39 is 0 Å². The number of rotatable bonds is 1. The molecule has 3 rings (SSSR count). The average molecular weight is 291 g/mol. The monoisotopic (exact) mass is 290 g/mol. The lowest BCUT2D eigenvalue weighted by molar-refractivity contribution is 0.0913. The van der Waals surface area contributed by atoms with Crippen LogP contribution in [0.2, 0.25) is 0 Å². The van der Waals surface area contributed by atoms with Crippen molar-refractivity contribution in [3.8, 4) is 11.5 Å². The van der Waals surface area contributed by atoms with Crippen LogP contribution in [0.3, 0.4) is 0 Å². The van der Waals surface area contributed by atoms with Crippen molar-refractivity contribution < 1.29 is 9.47 Å². The molecule has 1 atom stereocenters. The van der Waals surface area contributed by atoms with Gasteiger partial charge >= 0.3 is 0 Å². The second-order valence-corrected chi connectivity index (χ2v) is 4.83. The lowest BCUT2D eigenvalue weighted by Gasteiger charge is -2.26. The van der Waals surface area contributed by atoms with E-state index in [-0.39, 0.29) is 6.10 Å². The molecular weight excluding hydrogens is 280 g/mol. The van der Waals surface area contributed by atoms with Gasteiger partial charge in [-0.2, -0.15) is 0 Å². The van der Waals surface area contributed by atoms with Gasteiger partial charge in [0.2, 0.25) is 0 Å². The highest BCUT2D eigenvalue weighted by Crippen LogP contribution is 2.35. The van der Waals surface area contributed by atoms with Crippen molar-refractivity contribution in [3.05, 3.63) is 58.6 Å². The van der Waals surface area contributed by atoms with E-state index in [1.54, 1.807) is 0 Å². The van der Waals surface area contributed by atoms with Crippen LogP contribution in [-0.4, -0.2) is 6.61 Å². The number of benzene rings is 2. The fourth-order valence-corrected chi connectivity index (χ4v) is 2.13. The van der Waals surface area contributed by atoms with Gasteiger partial charge in [-0.1, -0.05) is 40.2 Å². The molecule has 0 bridgehead atoms. The summed E-state index contributed by atoms with van der Waals surface area (Å²) in [6.45, 7) is 0.554. The quantitative estimate of drug-likeness (QED) is 0.791. The SMILES string of the molecule is Brc1ccc([C@H]2COc3ccccc3O2)cc1. The Bertz CT molecular complexity index is 522. The molecule has 0 radical (unpaired) electrons. The highest BCUT2D eigenvalue weighted by atomic mass is 79.9. The third kappa shape index (κ3) is 2.15. The maximum Gasteiger partial charge on any atom is 0.162 e. The molecule has 0 N–H and O–H groups in total. The molecule has 0 saturated heterocycles. The molecule has 1 aliphatic rings. The summed E-state index contributed by atoms with van der Waals surface area (Å²) in [5.41, 5.74) is 1.13. The molecule has 0 aliphatic carbocycles. The highest BCUT2D eigenvalue weighted by molar-refractivity contribution is 9.10. The Balaban J connectivity index is 1.86. The summed E-state index contributed by atoms with van der Waals surface area (Å²) in [7, 11) is 0. The topological polar surface area (TPSA) is 18.5 Å². The zero-order valence-electron chi connectivity index (χ0n) is 9.10. The molecular formula is C14H11BrO2. The Kier molecular flexibility index (Phi) is 2.77. The molecule has 0 unspecified atom stereocenters. The van der Waals surface area contributed by atoms with E-state index in [2.05, 4.69) is 15.9 Å². The van der Waals surface area contributed by atoms with E-state index in [0.29, 0.717) is 6.61 Å². The summed E-state index contributed by atoms with van der Waals surface area (Å²) in [4.78, 5) is 0. The van der Waals surface area contributed by atoms with Crippen LogP contribution in [-0.2, 0) is 0 Å². The minimum atomic E-state index is -0.0296. The molecule has 17 heavy (non-hydrogen) atoms. The third-order valence-electron chi connectivity index (χ3n) is 2.75. The molecule has 0 amide bonds. The normalized spacial score (nSPS) is 17.8. The predicted octanol–water partition coefficient (Wildman–Crippen LogP) is 3.96. The maximum absolute atomic E-state index is 5.92. The van der Waals surface area contributed by atoms with Gasteiger partial charge in [0, 0.05) is 4.47 Å². The number of halogens is 1. The van der Waals surface area contributed by atoms with Gasteiger partial charge in [-0.05, 0) is 29.8 Å². The largest absolute Gasteiger partial charge is 0.485 e. The third-order valence-corrected chi connectivity index (χ3v) is 3.28. The van der Waals surface area contributed by atoms with Crippen LogP contribution >= 0.6 is 15.9 Å². The molecule has 0 saturated carbocycles. The van der Waals surface area contributed by atoms with Crippen LogP contribution in [0.1, 0.15) is 11.7 Å². The molecule has 1 heterocycles. The summed E-state index contributed by atoms with van der Waals surface area (Å²) in [6.07, 6.45) is -0.0296. The van der Waals surface area contributed by atoms with Crippen LogP contribution in [0.15, 0.2) is 53.0 Å². The summed E-state index contributed by atoms with van der Waals surface area (Å²) in [5.74, 6) is 1.63. The Morgan fingerprint density at radius 2 is 1.65 bits per heavy atom. The minimum Gasteiger partial charge on any atom is -0.485 e. The molecule has 0 aromatic heterocycles. The van der Waals surface area contributed by atoms with E-state index in [1.165, 1.54) is 0 Å². The molecule has 0 spiro atoms. The van der Waals surface area contributed by atoms with E-state index in [1.807, 2.05) is 48.5 Å². The molecule has 3 heteroatoms. The van der Waals surface area contributed by atoms with Gasteiger partial charge in [-0.15, -0.1) is 0 Å². The first-order valence-electron chi connectivity index (χ1n) is 5.47. The van der Waals surface area contributed by atoms with Crippen molar-refractivity contribution in [2.75, 3.05) is 6.61 Å². The summed E-state index contributed by atoms with van der Waals surface area (Å²) >= 11 is 3.42. The first-order valence-corrected chi connectivity index (χ1v) is 6.26. The average Bonchev–Trinajstić information content (AvgIpc) is 2.39. The number of hydrogen-bond acceptors (Lipinski definition) is 2. The van der Waals surface area contributed by atoms with Crippen molar-refractivity contribution in [3.63, 3.8) is 0 Å². The van der Waals surface area contributed by atoms with E-state index in [9.17, 15) is 0 Å². The van der Waals surface area contributed by atoms with Gasteiger partial charge in [0.1, 0.15) is 6.61 Å². The molecule has 2 aromatic rings. The number of fused-ring (bicyclic) bond motifs is 1. The van der Waals surface area contributed by atoms with Crippen LogP contribution in [0.25, 0.3) is 0 Å². The fraction of sp³-hybridized carbons (Fsp3) is 0.143. The molecule has 0 fully saturated rings. The van der Waals surface area contributed by atoms with Crippen LogP contribution in [0.5, 0.6) is 11.5 Å². The Morgan fingerprint density at radius 1 is 0.941 bits per heavy atom. The van der Waals surface area contributed by atoms with Crippen molar-refractivity contribution in [2.24, 2.45) is 0 Å². The second kappa shape index (κ2) is 4.41. The first kappa shape index (κ1) is 10.7. The van der Waals surface area contributed by atoms with E-state index >= 15 is 0 Å². The summed E-state index contributed by atoms with van der Waals surface area (Å²) in [5, 5.41) is 0. The van der Waals surface area contributed by atoms with E-state index in [0.717, 1.165) is 21.5 Å². The minimum absolute atomic E-state index is 0.0296. The van der Waals surface area contributed by atoms with Crippen LogP contribution in [0.4, 0.5) is 0 Å². The Morgan fingerprint density at radius 3 is 2.41 bits per heavy atom. The van der Waals surface area contributed by atoms with Crippen molar-refractivity contribution in [1.29, 1.82) is 0 Å². The van der Waals surface area contributed by atoms with Gasteiger partial charge in [0.25, 0.3) is 0 Å². The maximum atomic E-state index is 5.92. The second-order valence-electron chi connectivity index (χ2n) is 3.92. The van der Waals surface area contributed by atoms with Gasteiger partial charge in [0.05, 0.1) is 0 Å². The fourth-order valence-electron chi connectivity index (χ4n) is 1.86. The lowest BCUT2D eigenvalue weighted by Crippen LogP contribution is -2.21. The Hall–Kier alpha value is -1.48. The van der Waals surface area contributed by atoms with Gasteiger partial charge in [-0.25, -0.2) is 0 Å². The molecule has 2 aromatic carbocycles. The van der Waals surface area contributed by atoms with Gasteiger partial charge in [0.15, 0.2) is 17.6 Å². The zero-order chi connectivity index (χ0) is 11.7. The lowest BCUT2D eigenvalue weighted by atomic mass is 10.1. The smallest absolute Gasteiger partial charge is 0.162 e. The molecule has 2 nitrogen and oxygen atoms in total. The number of para-hydroxylation sites is 2. The van der Waals surface area contributed by atoms with E-state index in [4.69, 9.17) is 9.47 Å². The first-order chi connectivity index (χ1) is 8.33. The number of ether oxygens (including phenoxy) is 2. The predicted molar refractivity (Wildman–Crippen MR) is 69.4 cm³/mol. The highest BCUT2D eigenvalue weighted by Gasteiger charge is 2.21.